The van der Waals surface area contributed by atoms with Crippen LogP contribution in [0.1, 0.15) is 24.6 Å². The van der Waals surface area contributed by atoms with Crippen molar-refractivity contribution in [3.63, 3.8) is 0 Å². The number of likely N-dealkylation sites (tertiary alicyclic amines) is 1. The second-order valence-electron chi connectivity index (χ2n) is 9.13. The number of ether oxygens (including phenoxy) is 1. The summed E-state index contributed by atoms with van der Waals surface area (Å²) in [5.41, 5.74) is 4.60. The number of nitrogens with zero attached hydrogens (tertiary/aromatic N) is 4. The molecule has 1 aliphatic rings. The first kappa shape index (κ1) is 22.1. The van der Waals surface area contributed by atoms with Gasteiger partial charge in [-0.15, -0.1) is 0 Å². The number of hydrogen-bond acceptors (Lipinski definition) is 4. The molecule has 3 aromatic heterocycles. The molecule has 1 aliphatic heterocycles. The van der Waals surface area contributed by atoms with E-state index in [1.54, 1.807) is 13.3 Å². The van der Waals surface area contributed by atoms with Crippen LogP contribution in [0, 0.1) is 0 Å². The number of hydrogen-bond donors (Lipinski definition) is 1. The minimum atomic E-state index is -0.0936. The number of nitrogens with one attached hydrogen (secondary N) is 1. The highest BCUT2D eigenvalue weighted by atomic mass is 16.5. The summed E-state index contributed by atoms with van der Waals surface area (Å²) in [6, 6.07) is 23.8. The molecule has 4 heterocycles. The Balaban J connectivity index is 1.27. The summed E-state index contributed by atoms with van der Waals surface area (Å²) >= 11 is 0. The smallest absolute Gasteiger partial charge is 0.321 e. The molecular weight excluding hydrogens is 450 g/mol. The molecule has 1 fully saturated rings. The predicted molar refractivity (Wildman–Crippen MR) is 141 cm³/mol. The lowest BCUT2D eigenvalue weighted by atomic mass is 9.97. The number of pyridine rings is 2. The third-order valence-electron chi connectivity index (χ3n) is 6.85. The number of rotatable bonds is 4. The van der Waals surface area contributed by atoms with Crippen LogP contribution < -0.4 is 10.1 Å². The largest absolute Gasteiger partial charge is 0.497 e. The summed E-state index contributed by atoms with van der Waals surface area (Å²) in [6.45, 7) is 1.34. The molecule has 1 atom stereocenters. The minimum absolute atomic E-state index is 0.0936. The molecule has 7 nitrogen and oxygen atoms in total. The van der Waals surface area contributed by atoms with Crippen molar-refractivity contribution in [2.75, 3.05) is 25.5 Å². The number of carbonyl (C=O) groups is 1. The van der Waals surface area contributed by atoms with E-state index in [-0.39, 0.29) is 11.9 Å². The van der Waals surface area contributed by atoms with Gasteiger partial charge in [0.25, 0.3) is 0 Å². The number of methoxy groups -OCH3 is 1. The summed E-state index contributed by atoms with van der Waals surface area (Å²) < 4.78 is 7.60. The molecule has 0 radical (unpaired) electrons. The fourth-order valence-corrected chi connectivity index (χ4v) is 5.05. The molecule has 2 amide bonds. The van der Waals surface area contributed by atoms with Crippen molar-refractivity contribution >= 4 is 28.1 Å². The van der Waals surface area contributed by atoms with Crippen LogP contribution in [-0.4, -0.2) is 45.5 Å². The summed E-state index contributed by atoms with van der Waals surface area (Å²) in [5, 5.41) is 4.11. The summed E-state index contributed by atoms with van der Waals surface area (Å²) in [7, 11) is 1.67. The molecule has 0 unspecified atom stereocenters. The average molecular weight is 478 g/mol. The van der Waals surface area contributed by atoms with E-state index in [1.807, 2.05) is 65.6 Å². The van der Waals surface area contributed by atoms with Crippen LogP contribution in [0.4, 0.5) is 10.5 Å². The van der Waals surface area contributed by atoms with Gasteiger partial charge < -0.3 is 19.4 Å². The Morgan fingerprint density at radius 1 is 1.06 bits per heavy atom. The molecule has 1 saturated heterocycles. The number of anilines is 1. The first-order valence-corrected chi connectivity index (χ1v) is 12.2. The molecule has 0 bridgehead atoms. The summed E-state index contributed by atoms with van der Waals surface area (Å²) in [5.74, 6) is 1.92. The Labute approximate surface area is 209 Å². The molecule has 2 aromatic carbocycles. The van der Waals surface area contributed by atoms with E-state index in [1.165, 1.54) is 0 Å². The fraction of sp³-hybridized carbons (Fsp3) is 0.207. The molecular formula is C29H27N5O2. The van der Waals surface area contributed by atoms with E-state index in [0.717, 1.165) is 64.3 Å². The van der Waals surface area contributed by atoms with Gasteiger partial charge in [0.2, 0.25) is 0 Å². The molecule has 36 heavy (non-hydrogen) atoms. The monoisotopic (exact) mass is 477 g/mol. The van der Waals surface area contributed by atoms with Crippen LogP contribution in [0.3, 0.4) is 0 Å². The number of aromatic nitrogens is 3. The van der Waals surface area contributed by atoms with Crippen LogP contribution in [-0.2, 0) is 0 Å². The van der Waals surface area contributed by atoms with Gasteiger partial charge >= 0.3 is 6.03 Å². The molecule has 7 heteroatoms. The van der Waals surface area contributed by atoms with Gasteiger partial charge in [-0.25, -0.2) is 9.78 Å². The highest BCUT2D eigenvalue weighted by Gasteiger charge is 2.28. The van der Waals surface area contributed by atoms with Crippen molar-refractivity contribution in [1.29, 1.82) is 0 Å². The zero-order valence-electron chi connectivity index (χ0n) is 20.1. The van der Waals surface area contributed by atoms with E-state index >= 15 is 0 Å². The van der Waals surface area contributed by atoms with Crippen molar-refractivity contribution in [3.05, 3.63) is 91.0 Å². The van der Waals surface area contributed by atoms with E-state index in [9.17, 15) is 4.79 Å². The normalized spacial score (nSPS) is 15.8. The van der Waals surface area contributed by atoms with Crippen molar-refractivity contribution in [3.8, 4) is 17.0 Å². The van der Waals surface area contributed by atoms with Crippen LogP contribution in [0.5, 0.6) is 5.75 Å². The van der Waals surface area contributed by atoms with E-state index < -0.39 is 0 Å². The second-order valence-corrected chi connectivity index (χ2v) is 9.13. The Morgan fingerprint density at radius 3 is 2.92 bits per heavy atom. The third kappa shape index (κ3) is 4.13. The second kappa shape index (κ2) is 9.34. The molecule has 0 aliphatic carbocycles. The number of benzene rings is 2. The SMILES string of the molecule is COc1cccc(-c2nc([C@@H]3CCCN(C(=O)Nc4ccc5cccnc5c4)C3)n3ccccc23)c1. The predicted octanol–water partition coefficient (Wildman–Crippen LogP) is 5.97. The number of piperidine rings is 1. The van der Waals surface area contributed by atoms with Gasteiger partial charge in [-0.05, 0) is 55.3 Å². The van der Waals surface area contributed by atoms with Gasteiger partial charge in [-0.2, -0.15) is 0 Å². The molecule has 5 aromatic rings. The molecule has 0 saturated carbocycles. The Hall–Kier alpha value is -4.39. The van der Waals surface area contributed by atoms with Gasteiger partial charge in [0, 0.05) is 48.0 Å². The van der Waals surface area contributed by atoms with Gasteiger partial charge in [0.15, 0.2) is 0 Å². The fourth-order valence-electron chi connectivity index (χ4n) is 5.05. The van der Waals surface area contributed by atoms with Gasteiger partial charge in [0.05, 0.1) is 23.8 Å². The van der Waals surface area contributed by atoms with Crippen molar-refractivity contribution in [2.24, 2.45) is 0 Å². The average Bonchev–Trinajstić information content (AvgIpc) is 3.33. The van der Waals surface area contributed by atoms with Crippen LogP contribution >= 0.6 is 0 Å². The first-order valence-electron chi connectivity index (χ1n) is 12.2. The quantitative estimate of drug-likeness (QED) is 0.346. The van der Waals surface area contributed by atoms with Crippen LogP contribution in [0.15, 0.2) is 85.2 Å². The molecule has 6 rings (SSSR count). The summed E-state index contributed by atoms with van der Waals surface area (Å²) in [4.78, 5) is 24.6. The zero-order chi connectivity index (χ0) is 24.5. The van der Waals surface area contributed by atoms with E-state index in [2.05, 4.69) is 33.0 Å². The van der Waals surface area contributed by atoms with Crippen molar-refractivity contribution in [1.82, 2.24) is 19.3 Å². The lowest BCUT2D eigenvalue weighted by molar-refractivity contribution is 0.191. The number of amides is 2. The lowest BCUT2D eigenvalue weighted by Crippen LogP contribution is -2.42. The third-order valence-corrected chi connectivity index (χ3v) is 6.85. The summed E-state index contributed by atoms with van der Waals surface area (Å²) in [6.07, 6.45) is 5.73. The molecule has 1 N–H and O–H groups in total. The van der Waals surface area contributed by atoms with Crippen molar-refractivity contribution < 1.29 is 9.53 Å². The maximum absolute atomic E-state index is 13.2. The number of carbonyl (C=O) groups excluding carboxylic acids is 1. The minimum Gasteiger partial charge on any atom is -0.497 e. The topological polar surface area (TPSA) is 71.8 Å². The first-order chi connectivity index (χ1) is 17.7. The molecule has 180 valence electrons. The van der Waals surface area contributed by atoms with Crippen LogP contribution in [0.25, 0.3) is 27.7 Å². The van der Waals surface area contributed by atoms with Crippen molar-refractivity contribution in [2.45, 2.75) is 18.8 Å². The Morgan fingerprint density at radius 2 is 2.00 bits per heavy atom. The zero-order valence-corrected chi connectivity index (χ0v) is 20.1. The Bertz CT molecular complexity index is 1560. The number of imidazole rings is 1. The standard InChI is InChI=1S/C29H27N5O2/c1-36-24-10-4-7-21(17-24)27-26-11-2-3-16-34(26)28(32-27)22-9-6-15-33(19-22)29(35)31-23-13-12-20-8-5-14-30-25(20)18-23/h2-5,7-8,10-14,16-18,22H,6,9,15,19H2,1H3,(H,31,35)/t22-/m1/s1. The highest BCUT2D eigenvalue weighted by molar-refractivity contribution is 5.92. The van der Waals surface area contributed by atoms with E-state index in [4.69, 9.17) is 9.72 Å². The molecule has 0 spiro atoms. The van der Waals surface area contributed by atoms with Gasteiger partial charge in [-0.1, -0.05) is 30.3 Å². The number of urea groups is 1. The maximum atomic E-state index is 13.2. The van der Waals surface area contributed by atoms with Crippen LogP contribution in [0.2, 0.25) is 0 Å². The lowest BCUT2D eigenvalue weighted by Gasteiger charge is -2.32. The van der Waals surface area contributed by atoms with E-state index in [0.29, 0.717) is 6.54 Å². The van der Waals surface area contributed by atoms with Gasteiger partial charge in [-0.3, -0.25) is 4.98 Å². The number of fused-ring (bicyclic) bond motifs is 2. The van der Waals surface area contributed by atoms with Gasteiger partial charge in [0.1, 0.15) is 11.6 Å². The Kier molecular flexibility index (Phi) is 5.73. The maximum Gasteiger partial charge on any atom is 0.321 e. The highest BCUT2D eigenvalue weighted by Crippen LogP contribution is 2.33.